The molecule has 1 saturated carbocycles. The quantitative estimate of drug-likeness (QED) is 0.818. The van der Waals surface area contributed by atoms with Crippen LogP contribution in [-0.4, -0.2) is 16.6 Å². The second-order valence-electron chi connectivity index (χ2n) is 5.28. The van der Waals surface area contributed by atoms with Crippen LogP contribution in [-0.2, 0) is 12.1 Å². The van der Waals surface area contributed by atoms with Gasteiger partial charge >= 0.3 is 0 Å². The van der Waals surface area contributed by atoms with E-state index in [1.54, 1.807) is 0 Å². The lowest BCUT2D eigenvalue weighted by Crippen LogP contribution is -2.35. The Morgan fingerprint density at radius 2 is 2.27 bits per heavy atom. The van der Waals surface area contributed by atoms with Crippen LogP contribution in [0.4, 0.5) is 0 Å². The first-order valence-electron chi connectivity index (χ1n) is 5.74. The van der Waals surface area contributed by atoms with Gasteiger partial charge in [-0.3, -0.25) is 0 Å². The number of rotatable bonds is 4. The average molecular weight is 207 g/mol. The van der Waals surface area contributed by atoms with Crippen molar-refractivity contribution < 1.29 is 0 Å². The van der Waals surface area contributed by atoms with Crippen LogP contribution in [0.5, 0.6) is 0 Å². The Hall–Kier alpha value is -0.830. The van der Waals surface area contributed by atoms with Crippen LogP contribution < -0.4 is 5.32 Å². The maximum atomic E-state index is 4.27. The normalized spacial score (nSPS) is 25.6. The van der Waals surface area contributed by atoms with E-state index in [2.05, 4.69) is 35.6 Å². The van der Waals surface area contributed by atoms with Gasteiger partial charge in [0.15, 0.2) is 0 Å². The Morgan fingerprint density at radius 1 is 1.60 bits per heavy atom. The lowest BCUT2D eigenvalue weighted by molar-refractivity contribution is 0.401. The van der Waals surface area contributed by atoms with Gasteiger partial charge in [0.1, 0.15) is 0 Å². The molecule has 2 rings (SSSR count). The van der Waals surface area contributed by atoms with Crippen molar-refractivity contribution in [2.45, 2.75) is 39.3 Å². The van der Waals surface area contributed by atoms with Gasteiger partial charge in [-0.25, -0.2) is 4.98 Å². The summed E-state index contributed by atoms with van der Waals surface area (Å²) >= 11 is 0. The van der Waals surface area contributed by atoms with Crippen molar-refractivity contribution in [2.75, 3.05) is 7.05 Å². The van der Waals surface area contributed by atoms with E-state index >= 15 is 0 Å². The molecule has 0 amide bonds. The molecule has 0 bridgehead atoms. The molecule has 0 radical (unpaired) electrons. The summed E-state index contributed by atoms with van der Waals surface area (Å²) in [5, 5.41) is 3.33. The molecule has 15 heavy (non-hydrogen) atoms. The standard InChI is InChI=1S/C12H21N3/c1-9-5-10(9)7-15-8-14-6-11(15)12(2,3)13-4/h6,8-10,13H,5,7H2,1-4H3. The maximum absolute atomic E-state index is 4.27. The van der Waals surface area contributed by atoms with E-state index in [0.29, 0.717) is 0 Å². The zero-order valence-corrected chi connectivity index (χ0v) is 10.1. The highest BCUT2D eigenvalue weighted by Crippen LogP contribution is 2.39. The fourth-order valence-corrected chi connectivity index (χ4v) is 2.02. The second kappa shape index (κ2) is 3.63. The number of aromatic nitrogens is 2. The first-order valence-corrected chi connectivity index (χ1v) is 5.74. The van der Waals surface area contributed by atoms with E-state index in [9.17, 15) is 0 Å². The van der Waals surface area contributed by atoms with E-state index in [4.69, 9.17) is 0 Å². The van der Waals surface area contributed by atoms with Crippen molar-refractivity contribution in [2.24, 2.45) is 11.8 Å². The first-order chi connectivity index (χ1) is 7.04. The third-order valence-corrected chi connectivity index (χ3v) is 3.69. The summed E-state index contributed by atoms with van der Waals surface area (Å²) in [5.74, 6) is 1.77. The SMILES string of the molecule is CNC(C)(C)c1cncn1CC1CC1C. The zero-order chi connectivity index (χ0) is 11.1. The molecule has 1 aromatic rings. The second-order valence-corrected chi connectivity index (χ2v) is 5.28. The Bertz CT molecular complexity index is 340. The van der Waals surface area contributed by atoms with E-state index in [-0.39, 0.29) is 5.54 Å². The van der Waals surface area contributed by atoms with E-state index in [1.165, 1.54) is 12.1 Å². The van der Waals surface area contributed by atoms with Gasteiger partial charge in [0, 0.05) is 12.7 Å². The lowest BCUT2D eigenvalue weighted by Gasteiger charge is -2.25. The number of hydrogen-bond acceptors (Lipinski definition) is 2. The van der Waals surface area contributed by atoms with Gasteiger partial charge in [0.05, 0.1) is 17.6 Å². The maximum Gasteiger partial charge on any atom is 0.0948 e. The smallest absolute Gasteiger partial charge is 0.0948 e. The van der Waals surface area contributed by atoms with Crippen molar-refractivity contribution in [3.05, 3.63) is 18.2 Å². The third kappa shape index (κ3) is 2.07. The number of imidazole rings is 1. The van der Waals surface area contributed by atoms with Gasteiger partial charge < -0.3 is 9.88 Å². The summed E-state index contributed by atoms with van der Waals surface area (Å²) in [5.41, 5.74) is 1.29. The molecule has 1 aliphatic rings. The van der Waals surface area contributed by atoms with Gasteiger partial charge in [0.25, 0.3) is 0 Å². The minimum Gasteiger partial charge on any atom is -0.333 e. The highest BCUT2D eigenvalue weighted by molar-refractivity contribution is 5.11. The molecule has 1 aliphatic carbocycles. The zero-order valence-electron chi connectivity index (χ0n) is 10.1. The molecule has 0 aromatic carbocycles. The molecule has 1 aromatic heterocycles. The molecule has 1 fully saturated rings. The molecule has 0 aliphatic heterocycles. The minimum atomic E-state index is 0.00856. The third-order valence-electron chi connectivity index (χ3n) is 3.69. The molecule has 0 spiro atoms. The van der Waals surface area contributed by atoms with Crippen molar-refractivity contribution in [1.82, 2.24) is 14.9 Å². The molecular formula is C12H21N3. The van der Waals surface area contributed by atoms with Crippen LogP contribution in [0.2, 0.25) is 0 Å². The van der Waals surface area contributed by atoms with E-state index < -0.39 is 0 Å². The summed E-state index contributed by atoms with van der Waals surface area (Å²) < 4.78 is 2.30. The number of nitrogens with zero attached hydrogens (tertiary/aromatic N) is 2. The summed E-state index contributed by atoms with van der Waals surface area (Å²) in [7, 11) is 2.00. The predicted molar refractivity (Wildman–Crippen MR) is 61.6 cm³/mol. The summed E-state index contributed by atoms with van der Waals surface area (Å²) in [6.45, 7) is 7.83. The highest BCUT2D eigenvalue weighted by Gasteiger charge is 2.34. The van der Waals surface area contributed by atoms with Crippen LogP contribution in [0.3, 0.4) is 0 Å². The predicted octanol–water partition coefficient (Wildman–Crippen LogP) is 1.99. The molecule has 0 saturated heterocycles. The summed E-state index contributed by atoms with van der Waals surface area (Å²) in [4.78, 5) is 4.27. The molecule has 1 N–H and O–H groups in total. The van der Waals surface area contributed by atoms with Gasteiger partial charge in [-0.15, -0.1) is 0 Å². The minimum absolute atomic E-state index is 0.00856. The van der Waals surface area contributed by atoms with Gasteiger partial charge in [-0.1, -0.05) is 6.92 Å². The van der Waals surface area contributed by atoms with Gasteiger partial charge in [-0.2, -0.15) is 0 Å². The fourth-order valence-electron chi connectivity index (χ4n) is 2.02. The molecule has 84 valence electrons. The Balaban J connectivity index is 2.14. The van der Waals surface area contributed by atoms with Crippen LogP contribution in [0.1, 0.15) is 32.9 Å². The van der Waals surface area contributed by atoms with Crippen molar-refractivity contribution in [1.29, 1.82) is 0 Å². The van der Waals surface area contributed by atoms with Gasteiger partial charge in [0.2, 0.25) is 0 Å². The van der Waals surface area contributed by atoms with E-state index in [0.717, 1.165) is 18.4 Å². The Kier molecular flexibility index (Phi) is 2.59. The van der Waals surface area contributed by atoms with Crippen LogP contribution in [0, 0.1) is 11.8 Å². The molecule has 2 unspecified atom stereocenters. The monoisotopic (exact) mass is 207 g/mol. The van der Waals surface area contributed by atoms with Crippen LogP contribution in [0.25, 0.3) is 0 Å². The van der Waals surface area contributed by atoms with Crippen molar-refractivity contribution in [3.63, 3.8) is 0 Å². The van der Waals surface area contributed by atoms with Crippen molar-refractivity contribution in [3.8, 4) is 0 Å². The van der Waals surface area contributed by atoms with Crippen LogP contribution in [0.15, 0.2) is 12.5 Å². The van der Waals surface area contributed by atoms with Crippen LogP contribution >= 0.6 is 0 Å². The summed E-state index contributed by atoms with van der Waals surface area (Å²) in [6, 6.07) is 0. The molecule has 1 heterocycles. The van der Waals surface area contributed by atoms with Crippen molar-refractivity contribution >= 4 is 0 Å². The fraction of sp³-hybridized carbons (Fsp3) is 0.750. The summed E-state index contributed by atoms with van der Waals surface area (Å²) in [6.07, 6.45) is 5.31. The molecule has 3 nitrogen and oxygen atoms in total. The molecule has 3 heteroatoms. The Labute approximate surface area is 91.9 Å². The number of nitrogens with one attached hydrogen (secondary N) is 1. The lowest BCUT2D eigenvalue weighted by atomic mass is 10.0. The van der Waals surface area contributed by atoms with E-state index in [1.807, 2.05) is 19.6 Å². The number of hydrogen-bond donors (Lipinski definition) is 1. The molecule has 2 atom stereocenters. The average Bonchev–Trinajstić information content (AvgIpc) is 2.68. The molecular weight excluding hydrogens is 186 g/mol. The van der Waals surface area contributed by atoms with Gasteiger partial charge in [-0.05, 0) is 39.2 Å². The largest absolute Gasteiger partial charge is 0.333 e. The topological polar surface area (TPSA) is 29.9 Å². The highest BCUT2D eigenvalue weighted by atomic mass is 15.1. The first kappa shape index (κ1) is 10.7. The Morgan fingerprint density at radius 3 is 2.80 bits per heavy atom.